The Morgan fingerprint density at radius 1 is 1.04 bits per heavy atom. The lowest BCUT2D eigenvalue weighted by Gasteiger charge is -2.20. The van der Waals surface area contributed by atoms with Gasteiger partial charge in [0.05, 0.1) is 10.6 Å². The second-order valence-corrected chi connectivity index (χ2v) is 8.46. The van der Waals surface area contributed by atoms with Crippen molar-refractivity contribution in [2.45, 2.75) is 10.7 Å². The molecule has 0 bridgehead atoms. The van der Waals surface area contributed by atoms with E-state index < -0.39 is 23.4 Å². The lowest BCUT2D eigenvalue weighted by Crippen LogP contribution is -2.28. The highest BCUT2D eigenvalue weighted by atomic mass is 32.2. The van der Waals surface area contributed by atoms with Gasteiger partial charge in [0.2, 0.25) is 10.0 Å². The van der Waals surface area contributed by atoms with Gasteiger partial charge in [0.1, 0.15) is 5.78 Å². The number of sulfonamides is 1. The number of rotatable bonds is 6. The highest BCUT2D eigenvalue weighted by Gasteiger charge is 2.34. The monoisotopic (exact) mass is 384 g/mol. The maximum absolute atomic E-state index is 12.4. The first kappa shape index (κ1) is 19.1. The molecule has 25 heavy (non-hydrogen) atoms. The van der Waals surface area contributed by atoms with Crippen LogP contribution in [0.25, 0.3) is 0 Å². The Labute approximate surface area is 144 Å². The van der Waals surface area contributed by atoms with E-state index in [1.807, 2.05) is 0 Å². The molecule has 134 valence electrons. The number of aliphatic imine (C=N–C) groups is 1. The second kappa shape index (κ2) is 7.34. The zero-order valence-corrected chi connectivity index (χ0v) is 14.6. The Bertz CT molecular complexity index is 906. The number of benzene rings is 2. The lowest BCUT2D eigenvalue weighted by atomic mass is 10.2. The number of nitrogens with two attached hydrogens (primary N) is 2. The predicted molar refractivity (Wildman–Crippen MR) is 93.5 cm³/mol. The van der Waals surface area contributed by atoms with Gasteiger partial charge >= 0.3 is 7.60 Å². The molecule has 0 saturated heterocycles. The topological polar surface area (TPSA) is 168 Å². The van der Waals surface area contributed by atoms with Gasteiger partial charge in [0.15, 0.2) is 5.96 Å². The minimum absolute atomic E-state index is 0.0717. The van der Waals surface area contributed by atoms with Crippen LogP contribution in [0.3, 0.4) is 0 Å². The molecule has 1 unspecified atom stereocenters. The third-order valence-electron chi connectivity index (χ3n) is 3.12. The quantitative estimate of drug-likeness (QED) is 0.278. The van der Waals surface area contributed by atoms with Crippen LogP contribution >= 0.6 is 7.60 Å². The molecule has 7 N–H and O–H groups in total. The summed E-state index contributed by atoms with van der Waals surface area (Å²) >= 11 is 0. The SMILES string of the molecule is NC(N)=Nc1ccc(C(NS(=O)(=O)c2ccccc2)P(=O)(O)O)cc1. The molecule has 2 aromatic carbocycles. The van der Waals surface area contributed by atoms with Gasteiger partial charge in [-0.2, -0.15) is 4.72 Å². The molecule has 0 aliphatic carbocycles. The molecule has 0 amide bonds. The van der Waals surface area contributed by atoms with Crippen LogP contribution in [0.5, 0.6) is 0 Å². The summed E-state index contributed by atoms with van der Waals surface area (Å²) in [7, 11) is -8.96. The molecule has 0 heterocycles. The molecular formula is C14H17N4O5PS. The first-order valence-electron chi connectivity index (χ1n) is 6.92. The summed E-state index contributed by atoms with van der Waals surface area (Å²) in [6.07, 6.45) is 0. The van der Waals surface area contributed by atoms with Crippen LogP contribution in [0.15, 0.2) is 64.5 Å². The van der Waals surface area contributed by atoms with Crippen molar-refractivity contribution in [2.24, 2.45) is 16.5 Å². The summed E-state index contributed by atoms with van der Waals surface area (Å²) in [6, 6.07) is 12.8. The standard InChI is InChI=1S/C14H17N4O5PS/c15-14(16)17-11-8-6-10(7-9-11)13(24(19,20)21)18-25(22,23)12-4-2-1-3-5-12/h1-9,13,18H,(H4,15,16,17)(H2,19,20,21). The van der Waals surface area contributed by atoms with E-state index in [1.165, 1.54) is 48.5 Å². The molecule has 0 aliphatic rings. The molecule has 0 radical (unpaired) electrons. The lowest BCUT2D eigenvalue weighted by molar-refractivity contribution is 0.355. The van der Waals surface area contributed by atoms with Crippen LogP contribution in [0, 0.1) is 0 Å². The fourth-order valence-corrected chi connectivity index (χ4v) is 4.63. The normalized spacial score (nSPS) is 13.2. The van der Waals surface area contributed by atoms with E-state index in [4.69, 9.17) is 11.5 Å². The Kier molecular flexibility index (Phi) is 5.61. The first-order valence-corrected chi connectivity index (χ1v) is 10.1. The van der Waals surface area contributed by atoms with Crippen LogP contribution in [0.2, 0.25) is 0 Å². The number of hydrogen-bond donors (Lipinski definition) is 5. The van der Waals surface area contributed by atoms with E-state index in [2.05, 4.69) is 9.71 Å². The number of hydrogen-bond acceptors (Lipinski definition) is 4. The third-order valence-corrected chi connectivity index (χ3v) is 5.84. The van der Waals surface area contributed by atoms with Crippen LogP contribution < -0.4 is 16.2 Å². The van der Waals surface area contributed by atoms with Gasteiger partial charge < -0.3 is 21.3 Å². The number of guanidine groups is 1. The van der Waals surface area contributed by atoms with Crippen molar-refractivity contribution >= 4 is 29.3 Å². The zero-order chi connectivity index (χ0) is 18.7. The van der Waals surface area contributed by atoms with Crippen molar-refractivity contribution in [3.8, 4) is 0 Å². The smallest absolute Gasteiger partial charge is 0.347 e. The molecule has 2 rings (SSSR count). The summed E-state index contributed by atoms with van der Waals surface area (Å²) in [5.41, 5.74) is 10.9. The molecule has 9 nitrogen and oxygen atoms in total. The predicted octanol–water partition coefficient (Wildman–Crippen LogP) is 0.746. The van der Waals surface area contributed by atoms with E-state index in [0.29, 0.717) is 5.69 Å². The third kappa shape index (κ3) is 5.12. The summed E-state index contributed by atoms with van der Waals surface area (Å²) in [4.78, 5) is 22.8. The van der Waals surface area contributed by atoms with E-state index >= 15 is 0 Å². The van der Waals surface area contributed by atoms with Crippen molar-refractivity contribution in [2.75, 3.05) is 0 Å². The minimum Gasteiger partial charge on any atom is -0.370 e. The van der Waals surface area contributed by atoms with Crippen molar-refractivity contribution in [1.29, 1.82) is 0 Å². The first-order chi connectivity index (χ1) is 11.6. The fraction of sp³-hybridized carbons (Fsp3) is 0.0714. The van der Waals surface area contributed by atoms with Gasteiger partial charge in [-0.3, -0.25) is 4.57 Å². The van der Waals surface area contributed by atoms with Gasteiger partial charge in [0.25, 0.3) is 0 Å². The zero-order valence-electron chi connectivity index (χ0n) is 12.9. The van der Waals surface area contributed by atoms with Gasteiger partial charge in [-0.25, -0.2) is 13.4 Å². The second-order valence-electron chi connectivity index (χ2n) is 5.05. The summed E-state index contributed by atoms with van der Waals surface area (Å²) in [6.45, 7) is 0. The fourth-order valence-electron chi connectivity index (χ4n) is 2.03. The van der Waals surface area contributed by atoms with Crippen LogP contribution in [-0.2, 0) is 14.6 Å². The highest BCUT2D eigenvalue weighted by molar-refractivity contribution is 7.89. The molecule has 0 spiro atoms. The summed E-state index contributed by atoms with van der Waals surface area (Å²) in [5, 5.41) is 0. The molecule has 0 saturated carbocycles. The van der Waals surface area contributed by atoms with Gasteiger partial charge in [-0.1, -0.05) is 30.3 Å². The number of nitrogens with zero attached hydrogens (tertiary/aromatic N) is 1. The maximum Gasteiger partial charge on any atom is 0.347 e. The summed E-state index contributed by atoms with van der Waals surface area (Å²) < 4.78 is 38.6. The molecule has 1 atom stereocenters. The van der Waals surface area contributed by atoms with E-state index in [9.17, 15) is 22.8 Å². The van der Waals surface area contributed by atoms with Crippen molar-refractivity contribution < 1.29 is 22.8 Å². The largest absolute Gasteiger partial charge is 0.370 e. The van der Waals surface area contributed by atoms with Crippen molar-refractivity contribution in [3.05, 3.63) is 60.2 Å². The summed E-state index contributed by atoms with van der Waals surface area (Å²) in [5.74, 6) is -1.92. The molecule has 0 aliphatic heterocycles. The van der Waals surface area contributed by atoms with Crippen molar-refractivity contribution in [3.63, 3.8) is 0 Å². The molecule has 0 aromatic heterocycles. The van der Waals surface area contributed by atoms with Crippen LogP contribution in [-0.4, -0.2) is 24.2 Å². The van der Waals surface area contributed by atoms with E-state index in [1.54, 1.807) is 6.07 Å². The molecule has 0 fully saturated rings. The number of nitrogens with one attached hydrogen (secondary N) is 1. The molecule has 11 heteroatoms. The maximum atomic E-state index is 12.4. The van der Waals surface area contributed by atoms with Gasteiger partial charge in [-0.05, 0) is 29.8 Å². The Balaban J connectivity index is 2.38. The minimum atomic E-state index is -4.83. The molecular weight excluding hydrogens is 367 g/mol. The Morgan fingerprint density at radius 3 is 2.08 bits per heavy atom. The van der Waals surface area contributed by atoms with Crippen LogP contribution in [0.1, 0.15) is 11.3 Å². The highest BCUT2D eigenvalue weighted by Crippen LogP contribution is 2.50. The average Bonchev–Trinajstić information content (AvgIpc) is 2.53. The molecule has 2 aromatic rings. The van der Waals surface area contributed by atoms with Gasteiger partial charge in [-0.15, -0.1) is 0 Å². The Morgan fingerprint density at radius 2 is 1.60 bits per heavy atom. The van der Waals surface area contributed by atoms with E-state index in [0.717, 1.165) is 0 Å². The van der Waals surface area contributed by atoms with Crippen LogP contribution in [0.4, 0.5) is 5.69 Å². The van der Waals surface area contributed by atoms with Crippen molar-refractivity contribution in [1.82, 2.24) is 4.72 Å². The average molecular weight is 384 g/mol. The van der Waals surface area contributed by atoms with Gasteiger partial charge in [0, 0.05) is 0 Å². The van der Waals surface area contributed by atoms with E-state index in [-0.39, 0.29) is 16.4 Å². The Hall–Kier alpha value is -2.23.